The minimum absolute atomic E-state index is 0.236. The molecule has 25 heavy (non-hydrogen) atoms. The Morgan fingerprint density at radius 2 is 1.88 bits per heavy atom. The summed E-state index contributed by atoms with van der Waals surface area (Å²) in [5.41, 5.74) is 1.47. The zero-order valence-electron chi connectivity index (χ0n) is 14.8. The quantitative estimate of drug-likeness (QED) is 0.719. The van der Waals surface area contributed by atoms with Crippen LogP contribution in [-0.2, 0) is 4.79 Å². The molecule has 0 saturated carbocycles. The number of H-pyrrole nitrogens is 1. The molecule has 134 valence electrons. The topological polar surface area (TPSA) is 99.3 Å². The molecule has 0 aliphatic rings. The maximum atomic E-state index is 12.5. The van der Waals surface area contributed by atoms with Crippen LogP contribution in [0.2, 0.25) is 0 Å². The molecule has 2 rings (SSSR count). The largest absolute Gasteiger partial charge is 0.480 e. The second-order valence-corrected chi connectivity index (χ2v) is 6.36. The fourth-order valence-electron chi connectivity index (χ4n) is 2.99. The molecule has 1 amide bonds. The van der Waals surface area contributed by atoms with Crippen LogP contribution in [0.25, 0.3) is 10.9 Å². The lowest BCUT2D eigenvalue weighted by molar-refractivity contribution is -0.139. The van der Waals surface area contributed by atoms with Crippen molar-refractivity contribution in [3.63, 3.8) is 0 Å². The molecule has 0 spiro atoms. The van der Waals surface area contributed by atoms with Crippen molar-refractivity contribution in [2.45, 2.75) is 46.1 Å². The van der Waals surface area contributed by atoms with E-state index in [4.69, 9.17) is 0 Å². The predicted molar refractivity (Wildman–Crippen MR) is 96.9 cm³/mol. The van der Waals surface area contributed by atoms with Crippen LogP contribution in [0.3, 0.4) is 0 Å². The summed E-state index contributed by atoms with van der Waals surface area (Å²) in [4.78, 5) is 38.2. The summed E-state index contributed by atoms with van der Waals surface area (Å²) in [5.74, 6) is -1.25. The number of benzene rings is 1. The Morgan fingerprint density at radius 1 is 1.20 bits per heavy atom. The molecule has 0 fully saturated rings. The third-order valence-corrected chi connectivity index (χ3v) is 4.64. The molecule has 0 aliphatic carbocycles. The monoisotopic (exact) mass is 344 g/mol. The fraction of sp³-hybridized carbons (Fsp3) is 0.421. The number of aromatic amines is 1. The van der Waals surface area contributed by atoms with Crippen molar-refractivity contribution in [1.29, 1.82) is 0 Å². The first-order valence-corrected chi connectivity index (χ1v) is 8.53. The van der Waals surface area contributed by atoms with E-state index in [1.54, 1.807) is 18.2 Å². The number of rotatable bonds is 7. The zero-order chi connectivity index (χ0) is 18.6. The minimum Gasteiger partial charge on any atom is -0.480 e. The SMILES string of the molecule is CCC(CC)C[C@H](NC(=O)c1ccc2c(C)cc(=O)[nH]c2c1)C(=O)O. The van der Waals surface area contributed by atoms with E-state index in [0.29, 0.717) is 17.5 Å². The Labute approximate surface area is 146 Å². The Balaban J connectivity index is 2.25. The lowest BCUT2D eigenvalue weighted by atomic mass is 9.94. The number of carbonyl (C=O) groups excluding carboxylic acids is 1. The van der Waals surface area contributed by atoms with Gasteiger partial charge in [-0.05, 0) is 37.0 Å². The summed E-state index contributed by atoms with van der Waals surface area (Å²) in [7, 11) is 0. The molecule has 2 aromatic rings. The molecule has 6 nitrogen and oxygen atoms in total. The molecule has 1 heterocycles. The first-order chi connectivity index (χ1) is 11.8. The Kier molecular flexibility index (Phi) is 5.96. The van der Waals surface area contributed by atoms with E-state index < -0.39 is 17.9 Å². The number of nitrogens with one attached hydrogen (secondary N) is 2. The van der Waals surface area contributed by atoms with E-state index in [2.05, 4.69) is 10.3 Å². The van der Waals surface area contributed by atoms with Crippen LogP contribution in [0.15, 0.2) is 29.1 Å². The Hall–Kier alpha value is -2.63. The molecular weight excluding hydrogens is 320 g/mol. The lowest BCUT2D eigenvalue weighted by Gasteiger charge is -2.20. The number of pyridine rings is 1. The van der Waals surface area contributed by atoms with Crippen LogP contribution in [0.1, 0.15) is 49.0 Å². The number of aliphatic carboxylic acids is 1. The number of amides is 1. The van der Waals surface area contributed by atoms with Crippen LogP contribution in [0.4, 0.5) is 0 Å². The third kappa shape index (κ3) is 4.47. The van der Waals surface area contributed by atoms with Crippen LogP contribution in [-0.4, -0.2) is 28.0 Å². The van der Waals surface area contributed by atoms with Crippen molar-refractivity contribution < 1.29 is 14.7 Å². The van der Waals surface area contributed by atoms with Gasteiger partial charge in [0.25, 0.3) is 5.91 Å². The smallest absolute Gasteiger partial charge is 0.326 e. The minimum atomic E-state index is -1.04. The van der Waals surface area contributed by atoms with E-state index in [1.807, 2.05) is 20.8 Å². The molecule has 0 saturated heterocycles. The summed E-state index contributed by atoms with van der Waals surface area (Å²) in [6.45, 7) is 5.85. The van der Waals surface area contributed by atoms with Crippen LogP contribution in [0.5, 0.6) is 0 Å². The Morgan fingerprint density at radius 3 is 2.48 bits per heavy atom. The molecule has 6 heteroatoms. The normalized spacial score (nSPS) is 12.3. The second-order valence-electron chi connectivity index (χ2n) is 6.36. The predicted octanol–water partition coefficient (Wildman–Crippen LogP) is 2.85. The van der Waals surface area contributed by atoms with E-state index in [1.165, 1.54) is 6.07 Å². The number of hydrogen-bond donors (Lipinski definition) is 3. The number of hydrogen-bond acceptors (Lipinski definition) is 3. The summed E-state index contributed by atoms with van der Waals surface area (Å²) >= 11 is 0. The zero-order valence-corrected chi connectivity index (χ0v) is 14.8. The maximum absolute atomic E-state index is 12.5. The van der Waals surface area contributed by atoms with Crippen molar-refractivity contribution in [2.24, 2.45) is 5.92 Å². The number of aryl methyl sites for hydroxylation is 1. The van der Waals surface area contributed by atoms with Gasteiger partial charge in [-0.25, -0.2) is 4.79 Å². The van der Waals surface area contributed by atoms with Gasteiger partial charge in [-0.2, -0.15) is 0 Å². The van der Waals surface area contributed by atoms with Gasteiger partial charge in [0.15, 0.2) is 0 Å². The first kappa shape index (κ1) is 18.7. The van der Waals surface area contributed by atoms with E-state index in [-0.39, 0.29) is 11.5 Å². The van der Waals surface area contributed by atoms with E-state index in [0.717, 1.165) is 23.8 Å². The fourth-order valence-corrected chi connectivity index (χ4v) is 2.99. The first-order valence-electron chi connectivity index (χ1n) is 8.53. The number of aromatic nitrogens is 1. The summed E-state index contributed by atoms with van der Waals surface area (Å²) in [6.07, 6.45) is 2.14. The summed E-state index contributed by atoms with van der Waals surface area (Å²) in [6, 6.07) is 5.54. The van der Waals surface area contributed by atoms with Gasteiger partial charge in [0, 0.05) is 22.5 Å². The van der Waals surface area contributed by atoms with Crippen LogP contribution >= 0.6 is 0 Å². The number of fused-ring (bicyclic) bond motifs is 1. The standard InChI is InChI=1S/C19H24N2O4/c1-4-12(5-2)9-16(19(24)25)21-18(23)13-6-7-14-11(3)8-17(22)20-15(14)10-13/h6-8,10,12,16H,4-5,9H2,1-3H3,(H,20,22)(H,21,23)(H,24,25)/t16-/m0/s1. The van der Waals surface area contributed by atoms with Gasteiger partial charge in [0.1, 0.15) is 6.04 Å². The van der Waals surface area contributed by atoms with Crippen molar-refractivity contribution >= 4 is 22.8 Å². The van der Waals surface area contributed by atoms with Gasteiger partial charge in [-0.1, -0.05) is 32.8 Å². The number of carbonyl (C=O) groups is 2. The average molecular weight is 344 g/mol. The molecule has 1 aromatic carbocycles. The van der Waals surface area contributed by atoms with Gasteiger partial charge in [-0.15, -0.1) is 0 Å². The number of carboxylic acids is 1. The second kappa shape index (κ2) is 7.96. The molecule has 0 radical (unpaired) electrons. The molecule has 1 aromatic heterocycles. The van der Waals surface area contributed by atoms with Crippen molar-refractivity contribution in [1.82, 2.24) is 10.3 Å². The average Bonchev–Trinajstić information content (AvgIpc) is 2.57. The van der Waals surface area contributed by atoms with Crippen LogP contribution in [0, 0.1) is 12.8 Å². The molecule has 3 N–H and O–H groups in total. The summed E-state index contributed by atoms with van der Waals surface area (Å²) < 4.78 is 0. The van der Waals surface area contributed by atoms with E-state index in [9.17, 15) is 19.5 Å². The lowest BCUT2D eigenvalue weighted by Crippen LogP contribution is -2.42. The number of carboxylic acid groups (broad SMARTS) is 1. The van der Waals surface area contributed by atoms with Crippen molar-refractivity contribution in [2.75, 3.05) is 0 Å². The highest BCUT2D eigenvalue weighted by atomic mass is 16.4. The van der Waals surface area contributed by atoms with E-state index >= 15 is 0 Å². The Bertz CT molecular complexity index is 837. The maximum Gasteiger partial charge on any atom is 0.326 e. The molecule has 0 bridgehead atoms. The van der Waals surface area contributed by atoms with Gasteiger partial charge in [0.05, 0.1) is 0 Å². The van der Waals surface area contributed by atoms with Gasteiger partial charge in [-0.3, -0.25) is 9.59 Å². The molecular formula is C19H24N2O4. The van der Waals surface area contributed by atoms with Crippen molar-refractivity contribution in [3.8, 4) is 0 Å². The summed E-state index contributed by atoms with van der Waals surface area (Å²) in [5, 5.41) is 12.8. The van der Waals surface area contributed by atoms with Gasteiger partial charge in [0.2, 0.25) is 5.56 Å². The highest BCUT2D eigenvalue weighted by molar-refractivity contribution is 5.99. The molecule has 1 atom stereocenters. The molecule has 0 unspecified atom stereocenters. The van der Waals surface area contributed by atoms with Gasteiger partial charge < -0.3 is 15.4 Å². The molecule has 0 aliphatic heterocycles. The van der Waals surface area contributed by atoms with Crippen LogP contribution < -0.4 is 10.9 Å². The highest BCUT2D eigenvalue weighted by Crippen LogP contribution is 2.18. The third-order valence-electron chi connectivity index (χ3n) is 4.64. The van der Waals surface area contributed by atoms with Gasteiger partial charge >= 0.3 is 5.97 Å². The highest BCUT2D eigenvalue weighted by Gasteiger charge is 2.23. The van der Waals surface area contributed by atoms with Crippen molar-refractivity contribution in [3.05, 3.63) is 45.7 Å².